The predicted octanol–water partition coefficient (Wildman–Crippen LogP) is 4.74. The number of rotatable bonds is 4. The summed E-state index contributed by atoms with van der Waals surface area (Å²) in [6.07, 6.45) is 0.442. The van der Waals surface area contributed by atoms with Crippen LogP contribution >= 0.6 is 11.3 Å². The number of hydrazone groups is 1. The van der Waals surface area contributed by atoms with E-state index in [0.29, 0.717) is 17.5 Å². The van der Waals surface area contributed by atoms with Gasteiger partial charge in [-0.1, -0.05) is 36.4 Å². The molecule has 3 aromatic rings. The number of hydrogen-bond donors (Lipinski definition) is 0. The summed E-state index contributed by atoms with van der Waals surface area (Å²) in [6, 6.07) is 16.1. The number of sulfonamides is 1. The molecule has 4 nitrogen and oxygen atoms in total. The molecule has 0 spiro atoms. The molecule has 0 bridgehead atoms. The fraction of sp³-hybridized carbons (Fsp3) is 0.150. The second-order valence-corrected chi connectivity index (χ2v) is 9.05. The van der Waals surface area contributed by atoms with Gasteiger partial charge in [-0.05, 0) is 47.7 Å². The quantitative estimate of drug-likeness (QED) is 0.635. The summed E-state index contributed by atoms with van der Waals surface area (Å²) in [4.78, 5) is 1.16. The van der Waals surface area contributed by atoms with E-state index < -0.39 is 16.1 Å². The Kier molecular flexibility index (Phi) is 4.57. The van der Waals surface area contributed by atoms with Crippen molar-refractivity contribution in [1.82, 2.24) is 4.41 Å². The Morgan fingerprint density at radius 3 is 2.48 bits per heavy atom. The summed E-state index contributed by atoms with van der Waals surface area (Å²) < 4.78 is 41.3. The van der Waals surface area contributed by atoms with Crippen LogP contribution in [0.2, 0.25) is 0 Å². The standard InChI is InChI=1S/C20H17FN2O2S2/c1-14-5-2-3-7-20(14)27(24,25)23-18(15-8-10-16(21)11-9-15)13-17(22-23)19-6-4-12-26-19/h2-12,18H,13H2,1H3/t18-/m0/s1. The van der Waals surface area contributed by atoms with Crippen molar-refractivity contribution in [3.8, 4) is 0 Å². The molecule has 1 aromatic heterocycles. The van der Waals surface area contributed by atoms with Crippen LogP contribution < -0.4 is 0 Å². The van der Waals surface area contributed by atoms with Crippen LogP contribution in [0, 0.1) is 12.7 Å². The third kappa shape index (κ3) is 3.28. The van der Waals surface area contributed by atoms with Crippen molar-refractivity contribution in [2.24, 2.45) is 5.10 Å². The van der Waals surface area contributed by atoms with Crippen LogP contribution in [0.3, 0.4) is 0 Å². The first-order valence-corrected chi connectivity index (χ1v) is 10.8. The number of thiophene rings is 1. The minimum absolute atomic E-state index is 0.230. The van der Waals surface area contributed by atoms with E-state index in [0.717, 1.165) is 10.6 Å². The normalized spacial score (nSPS) is 17.2. The maximum absolute atomic E-state index is 13.4. The highest BCUT2D eigenvalue weighted by Gasteiger charge is 2.38. The lowest BCUT2D eigenvalue weighted by atomic mass is 10.0. The summed E-state index contributed by atoms with van der Waals surface area (Å²) in [7, 11) is -3.84. The average Bonchev–Trinajstić information content (AvgIpc) is 3.32. The van der Waals surface area contributed by atoms with Gasteiger partial charge in [0.2, 0.25) is 0 Å². The predicted molar refractivity (Wildman–Crippen MR) is 105 cm³/mol. The van der Waals surface area contributed by atoms with Gasteiger partial charge in [0.05, 0.1) is 21.5 Å². The van der Waals surface area contributed by atoms with Gasteiger partial charge in [-0.25, -0.2) is 4.39 Å². The summed E-state index contributed by atoms with van der Waals surface area (Å²) in [6.45, 7) is 1.76. The van der Waals surface area contributed by atoms with Crippen molar-refractivity contribution in [3.05, 3.63) is 87.9 Å². The molecule has 0 aliphatic carbocycles. The van der Waals surface area contributed by atoms with E-state index in [1.165, 1.54) is 27.9 Å². The Hall–Kier alpha value is -2.51. The third-order valence-corrected chi connectivity index (χ3v) is 7.31. The maximum Gasteiger partial charge on any atom is 0.279 e. The first-order chi connectivity index (χ1) is 13.0. The molecular formula is C20H17FN2O2S2. The summed E-state index contributed by atoms with van der Waals surface area (Å²) in [5, 5.41) is 6.41. The van der Waals surface area contributed by atoms with Gasteiger partial charge in [0.1, 0.15) is 5.82 Å². The van der Waals surface area contributed by atoms with Crippen molar-refractivity contribution in [2.75, 3.05) is 0 Å². The molecule has 2 heterocycles. The molecule has 0 N–H and O–H groups in total. The van der Waals surface area contributed by atoms with Crippen LogP contribution in [-0.2, 0) is 10.0 Å². The Morgan fingerprint density at radius 2 is 1.81 bits per heavy atom. The number of halogens is 1. The van der Waals surface area contributed by atoms with Gasteiger partial charge in [0.25, 0.3) is 10.0 Å². The largest absolute Gasteiger partial charge is 0.279 e. The van der Waals surface area contributed by atoms with Crippen molar-refractivity contribution >= 4 is 27.1 Å². The molecule has 0 saturated carbocycles. The van der Waals surface area contributed by atoms with Crippen LogP contribution in [0.1, 0.15) is 28.5 Å². The van der Waals surface area contributed by atoms with Crippen LogP contribution in [0.5, 0.6) is 0 Å². The average molecular weight is 401 g/mol. The molecule has 1 atom stereocenters. The van der Waals surface area contributed by atoms with Crippen molar-refractivity contribution < 1.29 is 12.8 Å². The van der Waals surface area contributed by atoms with Gasteiger partial charge in [-0.15, -0.1) is 11.3 Å². The van der Waals surface area contributed by atoms with Gasteiger partial charge in [0.15, 0.2) is 0 Å². The van der Waals surface area contributed by atoms with Crippen molar-refractivity contribution in [3.63, 3.8) is 0 Å². The molecule has 27 heavy (non-hydrogen) atoms. The Morgan fingerprint density at radius 1 is 1.07 bits per heavy atom. The SMILES string of the molecule is Cc1ccccc1S(=O)(=O)N1N=C(c2cccs2)C[C@H]1c1ccc(F)cc1. The van der Waals surface area contributed by atoms with Crippen LogP contribution in [0.15, 0.2) is 76.0 Å². The minimum atomic E-state index is -3.84. The van der Waals surface area contributed by atoms with Crippen LogP contribution in [-0.4, -0.2) is 18.5 Å². The van der Waals surface area contributed by atoms with Crippen molar-refractivity contribution in [2.45, 2.75) is 24.3 Å². The van der Waals surface area contributed by atoms with E-state index in [4.69, 9.17) is 0 Å². The zero-order valence-corrected chi connectivity index (χ0v) is 16.2. The lowest BCUT2D eigenvalue weighted by Crippen LogP contribution is -2.28. The topological polar surface area (TPSA) is 49.7 Å². The zero-order valence-electron chi connectivity index (χ0n) is 14.5. The second kappa shape index (κ2) is 6.90. The molecule has 0 radical (unpaired) electrons. The van der Waals surface area contributed by atoms with Gasteiger partial charge in [-0.2, -0.15) is 17.9 Å². The molecule has 0 unspecified atom stereocenters. The number of hydrogen-bond acceptors (Lipinski definition) is 4. The second-order valence-electron chi connectivity index (χ2n) is 6.34. The van der Waals surface area contributed by atoms with E-state index in [1.54, 1.807) is 43.3 Å². The van der Waals surface area contributed by atoms with Crippen molar-refractivity contribution in [1.29, 1.82) is 0 Å². The Balaban J connectivity index is 1.82. The fourth-order valence-corrected chi connectivity index (χ4v) is 5.57. The zero-order chi connectivity index (χ0) is 19.0. The highest BCUT2D eigenvalue weighted by Crippen LogP contribution is 2.38. The summed E-state index contributed by atoms with van der Waals surface area (Å²) in [5.41, 5.74) is 2.09. The van der Waals surface area contributed by atoms with Crippen LogP contribution in [0.25, 0.3) is 0 Å². The van der Waals surface area contributed by atoms with Gasteiger partial charge >= 0.3 is 0 Å². The molecule has 1 aliphatic rings. The van der Waals surface area contributed by atoms with E-state index in [-0.39, 0.29) is 10.7 Å². The number of nitrogens with zero attached hydrogens (tertiary/aromatic N) is 2. The fourth-order valence-electron chi connectivity index (χ4n) is 3.18. The van der Waals surface area contributed by atoms with Gasteiger partial charge < -0.3 is 0 Å². The number of aryl methyl sites for hydroxylation is 1. The first-order valence-electron chi connectivity index (χ1n) is 8.44. The monoisotopic (exact) mass is 400 g/mol. The lowest BCUT2D eigenvalue weighted by molar-refractivity contribution is 0.371. The molecule has 0 saturated heterocycles. The summed E-state index contributed by atoms with van der Waals surface area (Å²) >= 11 is 1.52. The van der Waals surface area contributed by atoms with E-state index in [2.05, 4.69) is 5.10 Å². The molecule has 7 heteroatoms. The molecule has 138 valence electrons. The third-order valence-electron chi connectivity index (χ3n) is 4.55. The lowest BCUT2D eigenvalue weighted by Gasteiger charge is -2.24. The Bertz CT molecular complexity index is 1090. The first kappa shape index (κ1) is 17.9. The van der Waals surface area contributed by atoms with E-state index in [9.17, 15) is 12.8 Å². The summed E-state index contributed by atoms with van der Waals surface area (Å²) in [5.74, 6) is -0.357. The molecule has 0 amide bonds. The molecule has 2 aromatic carbocycles. The van der Waals surface area contributed by atoms with E-state index >= 15 is 0 Å². The highest BCUT2D eigenvalue weighted by atomic mass is 32.2. The smallest absolute Gasteiger partial charge is 0.207 e. The van der Waals surface area contributed by atoms with Crippen LogP contribution in [0.4, 0.5) is 4.39 Å². The Labute approximate surface area is 161 Å². The molecule has 1 aliphatic heterocycles. The maximum atomic E-state index is 13.4. The van der Waals surface area contributed by atoms with E-state index in [1.807, 2.05) is 17.5 Å². The molecule has 4 rings (SSSR count). The molecule has 0 fully saturated rings. The van der Waals surface area contributed by atoms with Gasteiger partial charge in [0, 0.05) is 6.42 Å². The van der Waals surface area contributed by atoms with Gasteiger partial charge in [-0.3, -0.25) is 0 Å². The molecular weight excluding hydrogens is 383 g/mol. The highest BCUT2D eigenvalue weighted by molar-refractivity contribution is 7.89. The minimum Gasteiger partial charge on any atom is -0.207 e. The number of benzene rings is 2.